The molecule has 1 atom stereocenters. The smallest absolute Gasteiger partial charge is 0.266 e. The van der Waals surface area contributed by atoms with Crippen molar-refractivity contribution in [2.45, 2.75) is 26.2 Å². The third-order valence-corrected chi connectivity index (χ3v) is 4.48. The molecule has 0 aliphatic rings. The van der Waals surface area contributed by atoms with E-state index >= 15 is 0 Å². The predicted molar refractivity (Wildman–Crippen MR) is 71.5 cm³/mol. The van der Waals surface area contributed by atoms with Crippen LogP contribution in [0, 0.1) is 17.8 Å². The molecule has 0 bridgehead atoms. The molecule has 100 valence electrons. The molecule has 0 spiro atoms. The van der Waals surface area contributed by atoms with E-state index in [9.17, 15) is 13.0 Å². The van der Waals surface area contributed by atoms with Crippen molar-refractivity contribution in [2.24, 2.45) is 5.92 Å². The Kier molecular flexibility index (Phi) is 7.08. The molecule has 0 fully saturated rings. The van der Waals surface area contributed by atoms with Crippen molar-refractivity contribution in [3.63, 3.8) is 0 Å². The molecule has 4 nitrogen and oxygen atoms in total. The van der Waals surface area contributed by atoms with Gasteiger partial charge < -0.3 is 4.57 Å². The SMILES string of the molecule is CC#CC(CCCCP(C)(C)=O)CS(=O)(=O)O. The Morgan fingerprint density at radius 2 is 1.88 bits per heavy atom. The zero-order chi connectivity index (χ0) is 13.5. The van der Waals surface area contributed by atoms with E-state index in [0.29, 0.717) is 12.6 Å². The van der Waals surface area contributed by atoms with E-state index in [2.05, 4.69) is 11.8 Å². The molecule has 0 radical (unpaired) electrons. The Morgan fingerprint density at radius 1 is 1.29 bits per heavy atom. The Bertz CT molecular complexity index is 424. The van der Waals surface area contributed by atoms with Gasteiger partial charge in [-0.3, -0.25) is 4.55 Å². The lowest BCUT2D eigenvalue weighted by atomic mass is 10.1. The Hall–Kier alpha value is -0.300. The van der Waals surface area contributed by atoms with Crippen LogP contribution >= 0.6 is 7.14 Å². The number of rotatable bonds is 7. The highest BCUT2D eigenvalue weighted by Crippen LogP contribution is 2.37. The van der Waals surface area contributed by atoms with Crippen LogP contribution in [0.15, 0.2) is 0 Å². The van der Waals surface area contributed by atoms with Crippen LogP contribution in [0.1, 0.15) is 26.2 Å². The van der Waals surface area contributed by atoms with Crippen molar-refractivity contribution < 1.29 is 17.5 Å². The summed E-state index contributed by atoms with van der Waals surface area (Å²) in [5.41, 5.74) is 0. The fraction of sp³-hybridized carbons (Fsp3) is 0.818. The average Bonchev–Trinajstić information content (AvgIpc) is 2.08. The van der Waals surface area contributed by atoms with E-state index in [1.165, 1.54) is 0 Å². The summed E-state index contributed by atoms with van der Waals surface area (Å²) < 4.78 is 41.7. The van der Waals surface area contributed by atoms with Gasteiger partial charge in [0, 0.05) is 12.1 Å². The molecule has 1 unspecified atom stereocenters. The number of hydrogen-bond donors (Lipinski definition) is 1. The van der Waals surface area contributed by atoms with E-state index in [1.807, 2.05) is 0 Å². The minimum atomic E-state index is -3.97. The third-order valence-electron chi connectivity index (χ3n) is 2.26. The Labute approximate surface area is 104 Å². The molecule has 6 heteroatoms. The first kappa shape index (κ1) is 16.7. The van der Waals surface area contributed by atoms with Crippen LogP contribution in [-0.4, -0.2) is 38.2 Å². The van der Waals surface area contributed by atoms with E-state index in [1.54, 1.807) is 20.3 Å². The highest BCUT2D eigenvalue weighted by atomic mass is 32.2. The second-order valence-corrected chi connectivity index (χ2v) is 9.73. The molecular weight excluding hydrogens is 259 g/mol. The van der Waals surface area contributed by atoms with Gasteiger partial charge in [0.05, 0.1) is 12.9 Å². The zero-order valence-corrected chi connectivity index (χ0v) is 12.4. The first-order chi connectivity index (χ1) is 7.64. The quantitative estimate of drug-likeness (QED) is 0.336. The van der Waals surface area contributed by atoms with Gasteiger partial charge >= 0.3 is 0 Å². The van der Waals surface area contributed by atoms with Gasteiger partial charge in [0.2, 0.25) is 0 Å². The minimum absolute atomic E-state index is 0.316. The Morgan fingerprint density at radius 3 is 2.29 bits per heavy atom. The molecule has 0 aromatic carbocycles. The second kappa shape index (κ2) is 7.20. The largest absolute Gasteiger partial charge is 0.324 e. The van der Waals surface area contributed by atoms with Crippen LogP contribution in [0.5, 0.6) is 0 Å². The molecule has 0 heterocycles. The second-order valence-electron chi connectivity index (χ2n) is 4.63. The van der Waals surface area contributed by atoms with Gasteiger partial charge in [-0.2, -0.15) is 8.42 Å². The lowest BCUT2D eigenvalue weighted by molar-refractivity contribution is 0.470. The standard InChI is InChI=1S/C11H21O4PS/c1-4-7-11(10-17(13,14)15)8-5-6-9-16(2,3)12/h11H,5-6,8-10H2,1-3H3,(H,13,14,15). The minimum Gasteiger partial charge on any atom is -0.324 e. The fourth-order valence-corrected chi connectivity index (χ4v) is 3.28. The zero-order valence-electron chi connectivity index (χ0n) is 10.6. The van der Waals surface area contributed by atoms with Gasteiger partial charge in [-0.15, -0.1) is 5.92 Å². The summed E-state index contributed by atoms with van der Waals surface area (Å²) >= 11 is 0. The summed E-state index contributed by atoms with van der Waals surface area (Å²) in [5.74, 6) is 4.80. The van der Waals surface area contributed by atoms with E-state index in [0.717, 1.165) is 12.8 Å². The molecule has 0 aromatic heterocycles. The van der Waals surface area contributed by atoms with E-state index in [-0.39, 0.29) is 11.7 Å². The van der Waals surface area contributed by atoms with Gasteiger partial charge in [-0.05, 0) is 33.1 Å². The maximum Gasteiger partial charge on any atom is 0.266 e. The van der Waals surface area contributed by atoms with Crippen molar-refractivity contribution in [2.75, 3.05) is 25.2 Å². The van der Waals surface area contributed by atoms with Crippen molar-refractivity contribution in [3.8, 4) is 11.8 Å². The Balaban J connectivity index is 4.11. The molecular formula is C11H21O4PS. The first-order valence-electron chi connectivity index (χ1n) is 5.55. The predicted octanol–water partition coefficient (Wildman–Crippen LogP) is 2.31. The number of hydrogen-bond acceptors (Lipinski definition) is 3. The molecule has 0 saturated carbocycles. The molecule has 0 rings (SSSR count). The highest BCUT2D eigenvalue weighted by Gasteiger charge is 2.15. The van der Waals surface area contributed by atoms with Crippen LogP contribution in [0.2, 0.25) is 0 Å². The molecule has 17 heavy (non-hydrogen) atoms. The van der Waals surface area contributed by atoms with Crippen LogP contribution in [0.3, 0.4) is 0 Å². The summed E-state index contributed by atoms with van der Waals surface area (Å²) in [6.45, 7) is 5.13. The third kappa shape index (κ3) is 12.0. The van der Waals surface area contributed by atoms with Gasteiger partial charge in [0.15, 0.2) is 0 Å². The van der Waals surface area contributed by atoms with Crippen molar-refractivity contribution in [3.05, 3.63) is 0 Å². The maximum atomic E-state index is 11.4. The van der Waals surface area contributed by atoms with Crippen LogP contribution in [0.4, 0.5) is 0 Å². The number of unbranched alkanes of at least 4 members (excludes halogenated alkanes) is 1. The van der Waals surface area contributed by atoms with E-state index < -0.39 is 17.3 Å². The molecule has 0 aliphatic carbocycles. The molecule has 0 saturated heterocycles. The fourth-order valence-electron chi connectivity index (χ4n) is 1.54. The van der Waals surface area contributed by atoms with Gasteiger partial charge in [-0.1, -0.05) is 12.3 Å². The van der Waals surface area contributed by atoms with Crippen LogP contribution in [-0.2, 0) is 14.7 Å². The highest BCUT2D eigenvalue weighted by molar-refractivity contribution is 7.85. The van der Waals surface area contributed by atoms with Crippen LogP contribution < -0.4 is 0 Å². The summed E-state index contributed by atoms with van der Waals surface area (Å²) in [7, 11) is -5.95. The average molecular weight is 280 g/mol. The van der Waals surface area contributed by atoms with Crippen molar-refractivity contribution in [1.82, 2.24) is 0 Å². The van der Waals surface area contributed by atoms with Crippen molar-refractivity contribution >= 4 is 17.3 Å². The first-order valence-corrected chi connectivity index (χ1v) is 9.95. The molecule has 0 amide bonds. The lowest BCUT2D eigenvalue weighted by Crippen LogP contribution is -2.14. The van der Waals surface area contributed by atoms with Gasteiger partial charge in [0.1, 0.15) is 0 Å². The molecule has 0 aromatic rings. The topological polar surface area (TPSA) is 71.4 Å². The summed E-state index contributed by atoms with van der Waals surface area (Å²) in [4.78, 5) is 0. The van der Waals surface area contributed by atoms with Gasteiger partial charge in [0.25, 0.3) is 10.1 Å². The molecule has 0 aliphatic heterocycles. The normalized spacial score (nSPS) is 13.9. The van der Waals surface area contributed by atoms with Crippen LogP contribution in [0.25, 0.3) is 0 Å². The van der Waals surface area contributed by atoms with Gasteiger partial charge in [-0.25, -0.2) is 0 Å². The maximum absolute atomic E-state index is 11.4. The summed E-state index contributed by atoms with van der Waals surface area (Å²) in [6.07, 6.45) is 2.87. The van der Waals surface area contributed by atoms with E-state index in [4.69, 9.17) is 4.55 Å². The van der Waals surface area contributed by atoms with Crippen molar-refractivity contribution in [1.29, 1.82) is 0 Å². The summed E-state index contributed by atoms with van der Waals surface area (Å²) in [5, 5.41) is 0. The monoisotopic (exact) mass is 280 g/mol. The summed E-state index contributed by atoms with van der Waals surface area (Å²) in [6, 6.07) is 0. The molecule has 1 N–H and O–H groups in total. The lowest BCUT2D eigenvalue weighted by Gasteiger charge is -2.10.